The molecule has 1 aromatic carbocycles. The molecule has 0 bridgehead atoms. The number of amides is 2. The second-order valence-electron chi connectivity index (χ2n) is 7.17. The van der Waals surface area contributed by atoms with E-state index in [1.54, 1.807) is 17.0 Å². The molecule has 0 radical (unpaired) electrons. The Kier molecular flexibility index (Phi) is 5.64. The van der Waals surface area contributed by atoms with Crippen molar-refractivity contribution in [2.75, 3.05) is 26.2 Å². The van der Waals surface area contributed by atoms with Gasteiger partial charge < -0.3 is 20.1 Å². The average Bonchev–Trinajstić information content (AvgIpc) is 3.18. The third kappa shape index (κ3) is 3.92. The van der Waals surface area contributed by atoms with Gasteiger partial charge in [-0.05, 0) is 55.9 Å². The standard InChI is InChI=1S/C19H25FN2O4/c20-15-5-7-16(8-6-15)26-11-2-1-10-21-18(25)22-12-14-4-3-9-19(14,13-22)17(23)24/h5-8,14H,1-4,9-13H2,(H,21,25)(H,23,24)/t14-,19+/m0/s1. The Labute approximate surface area is 152 Å². The minimum absolute atomic E-state index is 0.0786. The number of hydrogen-bond donors (Lipinski definition) is 2. The molecule has 1 aliphatic carbocycles. The van der Waals surface area contributed by atoms with Crippen LogP contribution >= 0.6 is 0 Å². The predicted octanol–water partition coefficient (Wildman–Crippen LogP) is 2.88. The summed E-state index contributed by atoms with van der Waals surface area (Å²) < 4.78 is 18.3. The summed E-state index contributed by atoms with van der Waals surface area (Å²) in [6.07, 6.45) is 4.00. The number of carboxylic acid groups (broad SMARTS) is 1. The van der Waals surface area contributed by atoms with Gasteiger partial charge in [0.1, 0.15) is 11.6 Å². The monoisotopic (exact) mass is 364 g/mol. The molecule has 0 spiro atoms. The van der Waals surface area contributed by atoms with Crippen LogP contribution in [0.15, 0.2) is 24.3 Å². The van der Waals surface area contributed by atoms with E-state index < -0.39 is 11.4 Å². The summed E-state index contributed by atoms with van der Waals surface area (Å²) in [5, 5.41) is 12.4. The van der Waals surface area contributed by atoms with E-state index in [9.17, 15) is 19.1 Å². The number of carboxylic acids is 1. The molecule has 6 nitrogen and oxygen atoms in total. The van der Waals surface area contributed by atoms with Crippen LogP contribution in [0.5, 0.6) is 5.75 Å². The van der Waals surface area contributed by atoms with Gasteiger partial charge in [0.2, 0.25) is 0 Å². The molecule has 1 saturated heterocycles. The minimum atomic E-state index is -0.770. The number of carbonyl (C=O) groups excluding carboxylic acids is 1. The Bertz CT molecular complexity index is 651. The maximum atomic E-state index is 12.8. The fourth-order valence-electron chi connectivity index (χ4n) is 4.05. The number of ether oxygens (including phenoxy) is 1. The van der Waals surface area contributed by atoms with E-state index in [1.165, 1.54) is 12.1 Å². The van der Waals surface area contributed by atoms with E-state index in [2.05, 4.69) is 5.32 Å². The van der Waals surface area contributed by atoms with Gasteiger partial charge in [-0.15, -0.1) is 0 Å². The van der Waals surface area contributed by atoms with Crippen LogP contribution < -0.4 is 10.1 Å². The van der Waals surface area contributed by atoms with E-state index in [1.807, 2.05) is 0 Å². The molecule has 0 unspecified atom stereocenters. The van der Waals surface area contributed by atoms with Crippen LogP contribution in [0.3, 0.4) is 0 Å². The van der Waals surface area contributed by atoms with Crippen LogP contribution in [-0.2, 0) is 4.79 Å². The number of fused-ring (bicyclic) bond motifs is 1. The third-order valence-corrected chi connectivity index (χ3v) is 5.51. The molecule has 1 aliphatic heterocycles. The number of aliphatic carboxylic acids is 1. The highest BCUT2D eigenvalue weighted by molar-refractivity contribution is 5.80. The van der Waals surface area contributed by atoms with Crippen molar-refractivity contribution in [3.8, 4) is 5.75 Å². The molecule has 1 saturated carbocycles. The highest BCUT2D eigenvalue weighted by Gasteiger charge is 2.55. The Morgan fingerprint density at radius 1 is 1.31 bits per heavy atom. The second kappa shape index (κ2) is 7.93. The van der Waals surface area contributed by atoms with Crippen molar-refractivity contribution in [1.82, 2.24) is 10.2 Å². The lowest BCUT2D eigenvalue weighted by Gasteiger charge is -2.23. The topological polar surface area (TPSA) is 78.9 Å². The van der Waals surface area contributed by atoms with Crippen LogP contribution in [0, 0.1) is 17.2 Å². The highest BCUT2D eigenvalue weighted by Crippen LogP contribution is 2.48. The minimum Gasteiger partial charge on any atom is -0.494 e. The van der Waals surface area contributed by atoms with Crippen LogP contribution in [0.1, 0.15) is 32.1 Å². The van der Waals surface area contributed by atoms with Crippen molar-refractivity contribution in [2.24, 2.45) is 11.3 Å². The zero-order valence-electron chi connectivity index (χ0n) is 14.7. The predicted molar refractivity (Wildman–Crippen MR) is 93.5 cm³/mol. The summed E-state index contributed by atoms with van der Waals surface area (Å²) in [5.74, 6) is -0.364. The first-order valence-electron chi connectivity index (χ1n) is 9.16. The SMILES string of the molecule is O=C(NCCCCOc1ccc(F)cc1)N1C[C@@H]2CCC[C@@]2(C(=O)O)C1. The van der Waals surface area contributed by atoms with Crippen molar-refractivity contribution in [3.63, 3.8) is 0 Å². The summed E-state index contributed by atoms with van der Waals surface area (Å²) >= 11 is 0. The molecular formula is C19H25FN2O4. The number of unbranched alkanes of at least 4 members (excludes halogenated alkanes) is 1. The molecular weight excluding hydrogens is 339 g/mol. The number of rotatable bonds is 7. The first-order chi connectivity index (χ1) is 12.5. The van der Waals surface area contributed by atoms with Crippen LogP contribution in [-0.4, -0.2) is 48.2 Å². The van der Waals surface area contributed by atoms with Crippen molar-refractivity contribution in [1.29, 1.82) is 0 Å². The maximum Gasteiger partial charge on any atom is 0.317 e. The van der Waals surface area contributed by atoms with Gasteiger partial charge >= 0.3 is 12.0 Å². The quantitative estimate of drug-likeness (QED) is 0.729. The molecule has 2 N–H and O–H groups in total. The Balaban J connectivity index is 1.33. The fourth-order valence-corrected chi connectivity index (χ4v) is 4.05. The molecule has 2 amide bonds. The van der Waals surface area contributed by atoms with Crippen molar-refractivity contribution in [2.45, 2.75) is 32.1 Å². The van der Waals surface area contributed by atoms with Gasteiger partial charge in [0.15, 0.2) is 0 Å². The lowest BCUT2D eigenvalue weighted by molar-refractivity contribution is -0.149. The maximum absolute atomic E-state index is 12.8. The molecule has 2 aliphatic rings. The summed E-state index contributed by atoms with van der Waals surface area (Å²) in [5.41, 5.74) is -0.736. The number of nitrogens with one attached hydrogen (secondary N) is 1. The molecule has 26 heavy (non-hydrogen) atoms. The number of carbonyl (C=O) groups is 2. The molecule has 142 valence electrons. The Morgan fingerprint density at radius 2 is 2.08 bits per heavy atom. The third-order valence-electron chi connectivity index (χ3n) is 5.51. The van der Waals surface area contributed by atoms with Gasteiger partial charge in [0.25, 0.3) is 0 Å². The molecule has 2 fully saturated rings. The normalized spacial score (nSPS) is 24.3. The van der Waals surface area contributed by atoms with Crippen molar-refractivity contribution >= 4 is 12.0 Å². The molecule has 2 atom stereocenters. The number of halogens is 1. The summed E-state index contributed by atoms with van der Waals surface area (Å²) in [7, 11) is 0. The first-order valence-corrected chi connectivity index (χ1v) is 9.16. The van der Waals surface area contributed by atoms with Crippen LogP contribution in [0.4, 0.5) is 9.18 Å². The van der Waals surface area contributed by atoms with Gasteiger partial charge in [-0.1, -0.05) is 6.42 Å². The van der Waals surface area contributed by atoms with E-state index >= 15 is 0 Å². The first kappa shape index (κ1) is 18.5. The van der Waals surface area contributed by atoms with Crippen LogP contribution in [0.25, 0.3) is 0 Å². The number of likely N-dealkylation sites (tertiary alicyclic amines) is 1. The number of nitrogens with zero attached hydrogens (tertiary/aromatic N) is 1. The zero-order valence-corrected chi connectivity index (χ0v) is 14.7. The number of urea groups is 1. The van der Waals surface area contributed by atoms with E-state index in [4.69, 9.17) is 4.74 Å². The summed E-state index contributed by atoms with van der Waals surface area (Å²) in [6, 6.07) is 5.69. The van der Waals surface area contributed by atoms with E-state index in [-0.39, 0.29) is 17.8 Å². The Hall–Kier alpha value is -2.31. The van der Waals surface area contributed by atoms with Gasteiger partial charge in [0, 0.05) is 19.6 Å². The fraction of sp³-hybridized carbons (Fsp3) is 0.579. The number of benzene rings is 1. The largest absolute Gasteiger partial charge is 0.494 e. The number of hydrogen-bond acceptors (Lipinski definition) is 3. The van der Waals surface area contributed by atoms with E-state index in [0.29, 0.717) is 38.4 Å². The van der Waals surface area contributed by atoms with Crippen molar-refractivity contribution < 1.29 is 23.8 Å². The zero-order chi connectivity index (χ0) is 18.6. The molecule has 1 heterocycles. The van der Waals surface area contributed by atoms with E-state index in [0.717, 1.165) is 25.7 Å². The van der Waals surface area contributed by atoms with Gasteiger partial charge in [0.05, 0.1) is 12.0 Å². The average molecular weight is 364 g/mol. The Morgan fingerprint density at radius 3 is 2.77 bits per heavy atom. The summed E-state index contributed by atoms with van der Waals surface area (Å²) in [6.45, 7) is 1.86. The molecule has 7 heteroatoms. The highest BCUT2D eigenvalue weighted by atomic mass is 19.1. The lowest BCUT2D eigenvalue weighted by Crippen LogP contribution is -2.42. The molecule has 3 rings (SSSR count). The van der Waals surface area contributed by atoms with Gasteiger partial charge in [-0.3, -0.25) is 4.79 Å². The second-order valence-corrected chi connectivity index (χ2v) is 7.17. The van der Waals surface area contributed by atoms with Crippen molar-refractivity contribution in [3.05, 3.63) is 30.1 Å². The summed E-state index contributed by atoms with van der Waals surface area (Å²) in [4.78, 5) is 25.6. The lowest BCUT2D eigenvalue weighted by atomic mass is 9.81. The van der Waals surface area contributed by atoms with Crippen LogP contribution in [0.2, 0.25) is 0 Å². The molecule has 0 aromatic heterocycles. The smallest absolute Gasteiger partial charge is 0.317 e. The van der Waals surface area contributed by atoms with Gasteiger partial charge in [-0.25, -0.2) is 9.18 Å². The van der Waals surface area contributed by atoms with Gasteiger partial charge in [-0.2, -0.15) is 0 Å². The molecule has 1 aromatic rings.